The van der Waals surface area contributed by atoms with Crippen LogP contribution in [0.4, 0.5) is 4.79 Å². The van der Waals surface area contributed by atoms with Crippen molar-refractivity contribution in [1.29, 1.82) is 0 Å². The zero-order valence-corrected chi connectivity index (χ0v) is 13.6. The topological polar surface area (TPSA) is 94.2 Å². The average Bonchev–Trinajstić information content (AvgIpc) is 3.00. The highest BCUT2D eigenvalue weighted by atomic mass is 16.4. The van der Waals surface area contributed by atoms with Crippen molar-refractivity contribution in [1.82, 2.24) is 15.6 Å². The first-order valence-corrected chi connectivity index (χ1v) is 8.03. The van der Waals surface area contributed by atoms with Gasteiger partial charge >= 0.3 is 12.0 Å². The molecule has 4 N–H and O–H groups in total. The maximum atomic E-state index is 11.9. The number of H-pyrrole nitrogens is 1. The Morgan fingerprint density at radius 3 is 2.44 bits per heavy atom. The Labute approximate surface area is 144 Å². The summed E-state index contributed by atoms with van der Waals surface area (Å²) in [5, 5.41) is 15.8. The molecule has 0 aliphatic rings. The number of rotatable bonds is 6. The Balaban J connectivity index is 1.58. The fourth-order valence-electron chi connectivity index (χ4n) is 2.78. The second-order valence-electron chi connectivity index (χ2n) is 5.67. The molecule has 128 valence electrons. The number of nitrogens with one attached hydrogen (secondary N) is 3. The summed E-state index contributed by atoms with van der Waals surface area (Å²) in [4.78, 5) is 26.2. The molecular formula is C19H19N3O3. The molecule has 0 saturated heterocycles. The van der Waals surface area contributed by atoms with Crippen molar-refractivity contribution in [3.63, 3.8) is 0 Å². The van der Waals surface area contributed by atoms with Crippen LogP contribution in [0.5, 0.6) is 0 Å². The van der Waals surface area contributed by atoms with E-state index in [9.17, 15) is 14.7 Å². The minimum Gasteiger partial charge on any atom is -0.477 e. The molecule has 0 atom stereocenters. The van der Waals surface area contributed by atoms with Crippen LogP contribution in [0, 0.1) is 0 Å². The molecule has 6 nitrogen and oxygen atoms in total. The summed E-state index contributed by atoms with van der Waals surface area (Å²) >= 11 is 0. The molecule has 0 unspecified atom stereocenters. The van der Waals surface area contributed by atoms with Gasteiger partial charge in [0.2, 0.25) is 0 Å². The van der Waals surface area contributed by atoms with Gasteiger partial charge in [-0.05, 0) is 23.6 Å². The number of hydrogen-bond acceptors (Lipinski definition) is 2. The number of urea groups is 1. The second kappa shape index (κ2) is 7.53. The highest BCUT2D eigenvalue weighted by Gasteiger charge is 2.16. The molecule has 25 heavy (non-hydrogen) atoms. The van der Waals surface area contributed by atoms with Crippen LogP contribution >= 0.6 is 0 Å². The van der Waals surface area contributed by atoms with E-state index in [-0.39, 0.29) is 11.7 Å². The zero-order chi connectivity index (χ0) is 17.6. The molecule has 0 spiro atoms. The molecule has 0 bridgehead atoms. The lowest BCUT2D eigenvalue weighted by Gasteiger charge is -2.08. The van der Waals surface area contributed by atoms with Gasteiger partial charge in [-0.2, -0.15) is 0 Å². The molecule has 0 fully saturated rings. The molecule has 0 radical (unpaired) electrons. The molecule has 0 aliphatic heterocycles. The molecule has 1 aromatic heterocycles. The summed E-state index contributed by atoms with van der Waals surface area (Å²) in [7, 11) is 0. The molecular weight excluding hydrogens is 318 g/mol. The number of carboxylic acid groups (broad SMARTS) is 1. The fourth-order valence-corrected chi connectivity index (χ4v) is 2.78. The van der Waals surface area contributed by atoms with E-state index in [2.05, 4.69) is 15.6 Å². The van der Waals surface area contributed by atoms with Gasteiger partial charge in [0, 0.05) is 24.0 Å². The molecule has 3 rings (SSSR count). The molecule has 0 saturated carbocycles. The predicted octanol–water partition coefficient (Wildman–Crippen LogP) is 2.91. The molecule has 0 aliphatic carbocycles. The van der Waals surface area contributed by atoms with Crippen molar-refractivity contribution in [2.75, 3.05) is 6.54 Å². The smallest absolute Gasteiger partial charge is 0.352 e. The van der Waals surface area contributed by atoms with Crippen LogP contribution in [0.1, 0.15) is 21.6 Å². The summed E-state index contributed by atoms with van der Waals surface area (Å²) in [6.07, 6.45) is 0.435. The van der Waals surface area contributed by atoms with E-state index in [0.717, 1.165) is 16.5 Å². The van der Waals surface area contributed by atoms with Crippen molar-refractivity contribution in [3.05, 3.63) is 71.4 Å². The van der Waals surface area contributed by atoms with E-state index >= 15 is 0 Å². The van der Waals surface area contributed by atoms with Gasteiger partial charge in [0.25, 0.3) is 0 Å². The van der Waals surface area contributed by atoms with Gasteiger partial charge in [0.05, 0.1) is 0 Å². The number of hydrogen-bond donors (Lipinski definition) is 4. The summed E-state index contributed by atoms with van der Waals surface area (Å²) < 4.78 is 0. The predicted molar refractivity (Wildman–Crippen MR) is 95.6 cm³/mol. The van der Waals surface area contributed by atoms with Gasteiger partial charge < -0.3 is 20.7 Å². The number of aromatic amines is 1. The van der Waals surface area contributed by atoms with E-state index in [1.54, 1.807) is 0 Å². The van der Waals surface area contributed by atoms with Gasteiger partial charge in [-0.15, -0.1) is 0 Å². The Morgan fingerprint density at radius 2 is 1.68 bits per heavy atom. The highest BCUT2D eigenvalue weighted by Crippen LogP contribution is 2.22. The van der Waals surface area contributed by atoms with Crippen molar-refractivity contribution in [2.45, 2.75) is 13.0 Å². The third-order valence-electron chi connectivity index (χ3n) is 3.98. The van der Waals surface area contributed by atoms with Gasteiger partial charge in [-0.1, -0.05) is 48.5 Å². The number of para-hydroxylation sites is 1. The number of carboxylic acids is 1. The molecule has 2 aromatic carbocycles. The Kier molecular flexibility index (Phi) is 4.99. The van der Waals surface area contributed by atoms with E-state index < -0.39 is 5.97 Å². The zero-order valence-electron chi connectivity index (χ0n) is 13.6. The van der Waals surface area contributed by atoms with Gasteiger partial charge in [0.15, 0.2) is 0 Å². The standard InChI is InChI=1S/C19H19N3O3/c23-18(24)17-15(14-8-4-5-9-16(14)22-17)10-11-20-19(25)21-12-13-6-2-1-3-7-13/h1-9,22H,10-12H2,(H,23,24)(H2,20,21,25). The monoisotopic (exact) mass is 337 g/mol. The number of carbonyl (C=O) groups excluding carboxylic acids is 1. The van der Waals surface area contributed by atoms with Crippen molar-refractivity contribution in [3.8, 4) is 0 Å². The molecule has 6 heteroatoms. The van der Waals surface area contributed by atoms with E-state index in [0.29, 0.717) is 25.1 Å². The first kappa shape index (κ1) is 16.6. The van der Waals surface area contributed by atoms with Crippen molar-refractivity contribution < 1.29 is 14.7 Å². The Bertz CT molecular complexity index is 887. The maximum Gasteiger partial charge on any atom is 0.352 e. The highest BCUT2D eigenvalue weighted by molar-refractivity contribution is 5.97. The first-order chi connectivity index (χ1) is 12.1. The lowest BCUT2D eigenvalue weighted by Crippen LogP contribution is -2.36. The largest absolute Gasteiger partial charge is 0.477 e. The van der Waals surface area contributed by atoms with Crippen LogP contribution < -0.4 is 10.6 Å². The summed E-state index contributed by atoms with van der Waals surface area (Å²) in [5.41, 5.74) is 2.67. The number of carbonyl (C=O) groups is 2. The van der Waals surface area contributed by atoms with Crippen LogP contribution in [0.15, 0.2) is 54.6 Å². The molecule has 3 aromatic rings. The van der Waals surface area contributed by atoms with Crippen LogP contribution in [-0.4, -0.2) is 28.6 Å². The minimum atomic E-state index is -1.00. The number of benzene rings is 2. The van der Waals surface area contributed by atoms with Crippen LogP contribution in [0.2, 0.25) is 0 Å². The summed E-state index contributed by atoms with van der Waals surface area (Å²) in [6, 6.07) is 16.8. The van der Waals surface area contributed by atoms with Crippen LogP contribution in [0.25, 0.3) is 10.9 Å². The number of amides is 2. The lowest BCUT2D eigenvalue weighted by molar-refractivity contribution is 0.0690. The normalized spacial score (nSPS) is 10.6. The van der Waals surface area contributed by atoms with Crippen LogP contribution in [-0.2, 0) is 13.0 Å². The average molecular weight is 337 g/mol. The molecule has 1 heterocycles. The number of fused-ring (bicyclic) bond motifs is 1. The maximum absolute atomic E-state index is 11.9. The summed E-state index contributed by atoms with van der Waals surface area (Å²) in [5.74, 6) is -1.00. The fraction of sp³-hybridized carbons (Fsp3) is 0.158. The first-order valence-electron chi connectivity index (χ1n) is 8.03. The number of aromatic carboxylic acids is 1. The Hall–Kier alpha value is -3.28. The Morgan fingerprint density at radius 1 is 0.960 bits per heavy atom. The minimum absolute atomic E-state index is 0.174. The number of aromatic nitrogens is 1. The lowest BCUT2D eigenvalue weighted by atomic mass is 10.1. The van der Waals surface area contributed by atoms with Gasteiger partial charge in [0.1, 0.15) is 5.69 Å². The van der Waals surface area contributed by atoms with E-state index in [1.807, 2.05) is 54.6 Å². The van der Waals surface area contributed by atoms with Gasteiger partial charge in [-0.25, -0.2) is 9.59 Å². The second-order valence-corrected chi connectivity index (χ2v) is 5.67. The third-order valence-corrected chi connectivity index (χ3v) is 3.98. The quantitative estimate of drug-likeness (QED) is 0.557. The third kappa shape index (κ3) is 3.98. The van der Waals surface area contributed by atoms with E-state index in [1.165, 1.54) is 0 Å². The van der Waals surface area contributed by atoms with E-state index in [4.69, 9.17) is 0 Å². The van der Waals surface area contributed by atoms with Crippen LogP contribution in [0.3, 0.4) is 0 Å². The summed E-state index contributed by atoms with van der Waals surface area (Å²) in [6.45, 7) is 0.795. The molecule has 2 amide bonds. The SMILES string of the molecule is O=C(NCCc1c(C(=O)O)[nH]c2ccccc12)NCc1ccccc1. The van der Waals surface area contributed by atoms with Crippen molar-refractivity contribution in [2.24, 2.45) is 0 Å². The van der Waals surface area contributed by atoms with Gasteiger partial charge in [-0.3, -0.25) is 0 Å². The van der Waals surface area contributed by atoms with Crippen molar-refractivity contribution >= 4 is 22.9 Å².